The molecule has 0 spiro atoms. The number of nitrogens with zero attached hydrogens (tertiary/aromatic N) is 3. The molecule has 1 unspecified atom stereocenters. The lowest BCUT2D eigenvalue weighted by Gasteiger charge is -2.29. The third kappa shape index (κ3) is 5.87. The number of aromatic nitrogens is 2. The molecule has 0 aliphatic carbocycles. The van der Waals surface area contributed by atoms with Crippen molar-refractivity contribution in [2.24, 2.45) is 5.92 Å². The zero-order chi connectivity index (χ0) is 14.9. The third-order valence-electron chi connectivity index (χ3n) is 3.71. The van der Waals surface area contributed by atoms with Crippen LogP contribution in [0.15, 0.2) is 12.3 Å². The van der Waals surface area contributed by atoms with Crippen LogP contribution in [0.5, 0.6) is 5.88 Å². The van der Waals surface area contributed by atoms with Gasteiger partial charge in [-0.05, 0) is 38.3 Å². The lowest BCUT2D eigenvalue weighted by atomic mass is 10.1. The van der Waals surface area contributed by atoms with E-state index in [0.29, 0.717) is 24.4 Å². The minimum atomic E-state index is 0.590. The Kier molecular flexibility index (Phi) is 6.73. The first-order valence-electron chi connectivity index (χ1n) is 8.20. The molecule has 1 aliphatic rings. The van der Waals surface area contributed by atoms with Crippen LogP contribution in [0.4, 0.5) is 5.95 Å². The van der Waals surface area contributed by atoms with Gasteiger partial charge in [0.05, 0.1) is 6.61 Å². The molecule has 0 aromatic carbocycles. The molecule has 1 saturated heterocycles. The van der Waals surface area contributed by atoms with E-state index in [4.69, 9.17) is 4.74 Å². The van der Waals surface area contributed by atoms with Crippen LogP contribution in [0.25, 0.3) is 0 Å². The van der Waals surface area contributed by atoms with Crippen molar-refractivity contribution in [3.63, 3.8) is 0 Å². The van der Waals surface area contributed by atoms with Crippen molar-refractivity contribution in [2.45, 2.75) is 39.5 Å². The zero-order valence-corrected chi connectivity index (χ0v) is 13.3. The minimum Gasteiger partial charge on any atom is -0.478 e. The molecule has 0 amide bonds. The molecule has 2 heterocycles. The fraction of sp³-hybridized carbons (Fsp3) is 0.750. The largest absolute Gasteiger partial charge is 0.478 e. The first kappa shape index (κ1) is 16.0. The number of rotatable bonds is 8. The first-order chi connectivity index (χ1) is 10.3. The van der Waals surface area contributed by atoms with Crippen molar-refractivity contribution < 1.29 is 4.74 Å². The summed E-state index contributed by atoms with van der Waals surface area (Å²) in [6, 6.07) is 1.80. The first-order valence-corrected chi connectivity index (χ1v) is 8.20. The van der Waals surface area contributed by atoms with Crippen molar-refractivity contribution in [2.75, 3.05) is 38.1 Å². The zero-order valence-electron chi connectivity index (χ0n) is 13.3. The monoisotopic (exact) mass is 292 g/mol. The fourth-order valence-corrected chi connectivity index (χ4v) is 2.63. The summed E-state index contributed by atoms with van der Waals surface area (Å²) in [7, 11) is 0. The molecule has 0 saturated carbocycles. The second kappa shape index (κ2) is 8.82. The number of nitrogens with one attached hydrogen (secondary N) is 1. The summed E-state index contributed by atoms with van der Waals surface area (Å²) in [5.41, 5.74) is 0. The van der Waals surface area contributed by atoms with Crippen LogP contribution in [-0.4, -0.2) is 47.7 Å². The second-order valence-corrected chi connectivity index (χ2v) is 5.91. The summed E-state index contributed by atoms with van der Waals surface area (Å²) in [6.07, 6.45) is 6.82. The molecule has 5 nitrogen and oxygen atoms in total. The van der Waals surface area contributed by atoms with Gasteiger partial charge in [-0.1, -0.05) is 20.3 Å². The lowest BCUT2D eigenvalue weighted by molar-refractivity contribution is 0.204. The van der Waals surface area contributed by atoms with Gasteiger partial charge in [-0.3, -0.25) is 0 Å². The van der Waals surface area contributed by atoms with Gasteiger partial charge in [0.2, 0.25) is 11.8 Å². The number of ether oxygens (including phenoxy) is 1. The molecule has 0 radical (unpaired) electrons. The molecule has 1 fully saturated rings. The van der Waals surface area contributed by atoms with Gasteiger partial charge < -0.3 is 15.0 Å². The van der Waals surface area contributed by atoms with E-state index >= 15 is 0 Å². The quantitative estimate of drug-likeness (QED) is 0.798. The molecular formula is C16H28N4O. The highest BCUT2D eigenvalue weighted by Gasteiger charge is 2.13. The molecule has 1 aromatic heterocycles. The van der Waals surface area contributed by atoms with E-state index < -0.39 is 0 Å². The molecule has 1 aliphatic heterocycles. The van der Waals surface area contributed by atoms with Crippen LogP contribution in [0.1, 0.15) is 39.5 Å². The Labute approximate surface area is 128 Å². The van der Waals surface area contributed by atoms with Crippen molar-refractivity contribution in [1.29, 1.82) is 0 Å². The van der Waals surface area contributed by atoms with Gasteiger partial charge in [-0.15, -0.1) is 0 Å². The Morgan fingerprint density at radius 3 is 2.90 bits per heavy atom. The Bertz CT molecular complexity index is 407. The highest BCUT2D eigenvalue weighted by molar-refractivity contribution is 5.27. The van der Waals surface area contributed by atoms with Crippen molar-refractivity contribution in [3.05, 3.63) is 12.3 Å². The smallest absolute Gasteiger partial charge is 0.225 e. The average molecular weight is 292 g/mol. The topological polar surface area (TPSA) is 50.3 Å². The molecule has 2 rings (SSSR count). The predicted molar refractivity (Wildman–Crippen MR) is 85.8 cm³/mol. The molecule has 1 atom stereocenters. The molecule has 21 heavy (non-hydrogen) atoms. The van der Waals surface area contributed by atoms with Crippen LogP contribution in [0.3, 0.4) is 0 Å². The van der Waals surface area contributed by atoms with Gasteiger partial charge in [0.15, 0.2) is 0 Å². The van der Waals surface area contributed by atoms with Gasteiger partial charge in [-0.2, -0.15) is 4.98 Å². The van der Waals surface area contributed by atoms with Gasteiger partial charge >= 0.3 is 0 Å². The van der Waals surface area contributed by atoms with Gasteiger partial charge in [0.1, 0.15) is 0 Å². The molecule has 0 bridgehead atoms. The predicted octanol–water partition coefficient (Wildman–Crippen LogP) is 2.80. The number of likely N-dealkylation sites (tertiary alicyclic amines) is 1. The maximum atomic E-state index is 5.52. The standard InChI is InChI=1S/C16H28N4O/c1-3-11-21-15-7-8-17-16(19-15)18-12-14(2)13-20-9-5-4-6-10-20/h7-8,14H,3-6,9-13H2,1-2H3,(H,17,18,19). The van der Waals surface area contributed by atoms with E-state index in [2.05, 4.69) is 34.0 Å². The van der Waals surface area contributed by atoms with E-state index in [9.17, 15) is 0 Å². The van der Waals surface area contributed by atoms with Crippen LogP contribution < -0.4 is 10.1 Å². The summed E-state index contributed by atoms with van der Waals surface area (Å²) in [5.74, 6) is 1.90. The average Bonchev–Trinajstić information content (AvgIpc) is 2.52. The number of hydrogen-bond donors (Lipinski definition) is 1. The van der Waals surface area contributed by atoms with Crippen LogP contribution >= 0.6 is 0 Å². The van der Waals surface area contributed by atoms with E-state index in [1.807, 2.05) is 0 Å². The van der Waals surface area contributed by atoms with Crippen LogP contribution in [0, 0.1) is 5.92 Å². The third-order valence-corrected chi connectivity index (χ3v) is 3.71. The van der Waals surface area contributed by atoms with Crippen molar-refractivity contribution in [3.8, 4) is 5.88 Å². The van der Waals surface area contributed by atoms with Gasteiger partial charge in [0.25, 0.3) is 0 Å². The molecule has 118 valence electrons. The Hall–Kier alpha value is -1.36. The minimum absolute atomic E-state index is 0.590. The maximum absolute atomic E-state index is 5.52. The fourth-order valence-electron chi connectivity index (χ4n) is 2.63. The summed E-state index contributed by atoms with van der Waals surface area (Å²) >= 11 is 0. The number of hydrogen-bond acceptors (Lipinski definition) is 5. The summed E-state index contributed by atoms with van der Waals surface area (Å²) in [6.45, 7) is 9.61. The van der Waals surface area contributed by atoms with Gasteiger partial charge in [0, 0.05) is 25.4 Å². The molecule has 1 aromatic rings. The SMILES string of the molecule is CCCOc1ccnc(NCC(C)CN2CCCCC2)n1. The van der Waals surface area contributed by atoms with Crippen molar-refractivity contribution in [1.82, 2.24) is 14.9 Å². The summed E-state index contributed by atoms with van der Waals surface area (Å²) < 4.78 is 5.52. The Balaban J connectivity index is 1.73. The Morgan fingerprint density at radius 1 is 1.33 bits per heavy atom. The Morgan fingerprint density at radius 2 is 2.14 bits per heavy atom. The molecular weight excluding hydrogens is 264 g/mol. The molecule has 5 heteroatoms. The highest BCUT2D eigenvalue weighted by atomic mass is 16.5. The van der Waals surface area contributed by atoms with E-state index in [0.717, 1.165) is 19.5 Å². The van der Waals surface area contributed by atoms with E-state index in [1.54, 1.807) is 12.3 Å². The number of anilines is 1. The van der Waals surface area contributed by atoms with E-state index in [-0.39, 0.29) is 0 Å². The summed E-state index contributed by atoms with van der Waals surface area (Å²) in [4.78, 5) is 11.2. The second-order valence-electron chi connectivity index (χ2n) is 5.91. The lowest BCUT2D eigenvalue weighted by Crippen LogP contribution is -2.35. The number of piperidine rings is 1. The van der Waals surface area contributed by atoms with Gasteiger partial charge in [-0.25, -0.2) is 4.98 Å². The van der Waals surface area contributed by atoms with E-state index in [1.165, 1.54) is 32.4 Å². The highest BCUT2D eigenvalue weighted by Crippen LogP contribution is 2.12. The normalized spacial score (nSPS) is 17.4. The maximum Gasteiger partial charge on any atom is 0.225 e. The van der Waals surface area contributed by atoms with Crippen LogP contribution in [0.2, 0.25) is 0 Å². The van der Waals surface area contributed by atoms with Crippen molar-refractivity contribution >= 4 is 5.95 Å². The van der Waals surface area contributed by atoms with Crippen LogP contribution in [-0.2, 0) is 0 Å². The summed E-state index contributed by atoms with van der Waals surface area (Å²) in [5, 5.41) is 3.32. The molecule has 1 N–H and O–H groups in total.